The van der Waals surface area contributed by atoms with E-state index in [1.54, 1.807) is 12.1 Å². The molecule has 6 heteroatoms. The summed E-state index contributed by atoms with van der Waals surface area (Å²) in [6.45, 7) is 3.94. The Bertz CT molecular complexity index is 1160. The molecular weight excluding hydrogens is 451 g/mol. The van der Waals surface area contributed by atoms with Crippen LogP contribution in [0.4, 0.5) is 15.8 Å². The molecule has 0 saturated heterocycles. The summed E-state index contributed by atoms with van der Waals surface area (Å²) in [7, 11) is 0. The molecule has 0 bridgehead atoms. The van der Waals surface area contributed by atoms with Gasteiger partial charge in [-0.05, 0) is 73.0 Å². The van der Waals surface area contributed by atoms with Crippen molar-refractivity contribution in [2.75, 3.05) is 9.80 Å². The lowest BCUT2D eigenvalue weighted by Gasteiger charge is -2.44. The smallest absolute Gasteiger partial charge is 0.258 e. The lowest BCUT2D eigenvalue weighted by atomic mass is 9.87. The summed E-state index contributed by atoms with van der Waals surface area (Å²) in [5.41, 5.74) is 2.93. The highest BCUT2D eigenvalue weighted by atomic mass is 35.5. The average molecular weight is 479 g/mol. The van der Waals surface area contributed by atoms with Gasteiger partial charge in [0.1, 0.15) is 5.82 Å². The standard InChI is InChI=1S/C28H28ClFN2O2/c1-3-7-23-18-26(31(27(33)4-2)22-16-12-20(29)13-17-22)24-8-5-6-9-25(24)32(23)28(34)19-10-14-21(30)15-11-19/h5-6,8-17,23,26H,3-4,7,18H2,1-2H3/t23-,26+/m1/s1. The molecule has 2 amide bonds. The maximum absolute atomic E-state index is 13.6. The van der Waals surface area contributed by atoms with Crippen LogP contribution in [-0.2, 0) is 4.79 Å². The van der Waals surface area contributed by atoms with Crippen molar-refractivity contribution >= 4 is 34.8 Å². The molecule has 0 fully saturated rings. The second-order valence-corrected chi connectivity index (χ2v) is 8.97. The Hall–Kier alpha value is -3.18. The number of hydrogen-bond donors (Lipinski definition) is 0. The Morgan fingerprint density at radius 3 is 2.32 bits per heavy atom. The highest BCUT2D eigenvalue weighted by molar-refractivity contribution is 6.30. The molecule has 1 aliphatic heterocycles. The molecule has 3 aromatic carbocycles. The molecular formula is C28H28ClFN2O2. The molecule has 2 atom stereocenters. The largest absolute Gasteiger partial charge is 0.305 e. The second kappa shape index (κ2) is 10.4. The highest BCUT2D eigenvalue weighted by Crippen LogP contribution is 2.44. The van der Waals surface area contributed by atoms with Crippen molar-refractivity contribution in [2.24, 2.45) is 0 Å². The number of fused-ring (bicyclic) bond motifs is 1. The van der Waals surface area contributed by atoms with Crippen LogP contribution in [0, 0.1) is 5.82 Å². The molecule has 0 unspecified atom stereocenters. The van der Waals surface area contributed by atoms with Crippen molar-refractivity contribution in [3.05, 3.63) is 94.8 Å². The molecule has 4 rings (SSSR count). The lowest BCUT2D eigenvalue weighted by Crippen LogP contribution is -2.49. The maximum Gasteiger partial charge on any atom is 0.258 e. The van der Waals surface area contributed by atoms with Crippen molar-refractivity contribution in [2.45, 2.75) is 51.6 Å². The van der Waals surface area contributed by atoms with Gasteiger partial charge in [-0.3, -0.25) is 9.59 Å². The van der Waals surface area contributed by atoms with Crippen LogP contribution in [0.5, 0.6) is 0 Å². The number of carbonyl (C=O) groups is 2. The van der Waals surface area contributed by atoms with E-state index in [2.05, 4.69) is 6.92 Å². The van der Waals surface area contributed by atoms with Crippen molar-refractivity contribution < 1.29 is 14.0 Å². The first-order valence-electron chi connectivity index (χ1n) is 11.7. The van der Waals surface area contributed by atoms with Crippen LogP contribution in [0.25, 0.3) is 0 Å². The fourth-order valence-corrected chi connectivity index (χ4v) is 4.90. The lowest BCUT2D eigenvalue weighted by molar-refractivity contribution is -0.118. The molecule has 0 N–H and O–H groups in total. The number of benzene rings is 3. The summed E-state index contributed by atoms with van der Waals surface area (Å²) in [4.78, 5) is 30.5. The Morgan fingerprint density at radius 2 is 1.68 bits per heavy atom. The first kappa shape index (κ1) is 24.0. The van der Waals surface area contributed by atoms with Gasteiger partial charge in [-0.2, -0.15) is 0 Å². The van der Waals surface area contributed by atoms with E-state index in [0.29, 0.717) is 23.4 Å². The van der Waals surface area contributed by atoms with Gasteiger partial charge in [0.15, 0.2) is 0 Å². The Labute approximate surface area is 205 Å². The van der Waals surface area contributed by atoms with Crippen LogP contribution in [0.2, 0.25) is 5.02 Å². The summed E-state index contributed by atoms with van der Waals surface area (Å²) in [6, 6.07) is 20.4. The average Bonchev–Trinajstić information content (AvgIpc) is 2.85. The molecule has 0 saturated carbocycles. The van der Waals surface area contributed by atoms with E-state index in [4.69, 9.17) is 11.6 Å². The summed E-state index contributed by atoms with van der Waals surface area (Å²) in [6.07, 6.45) is 2.63. The van der Waals surface area contributed by atoms with Crippen molar-refractivity contribution in [3.63, 3.8) is 0 Å². The summed E-state index contributed by atoms with van der Waals surface area (Å²) < 4.78 is 13.5. The van der Waals surface area contributed by atoms with Gasteiger partial charge in [-0.15, -0.1) is 0 Å². The monoisotopic (exact) mass is 478 g/mol. The zero-order valence-electron chi connectivity index (χ0n) is 19.4. The molecule has 1 aliphatic rings. The first-order chi connectivity index (χ1) is 16.4. The van der Waals surface area contributed by atoms with E-state index in [-0.39, 0.29) is 29.7 Å². The van der Waals surface area contributed by atoms with Crippen LogP contribution in [0.15, 0.2) is 72.8 Å². The van der Waals surface area contributed by atoms with E-state index >= 15 is 0 Å². The van der Waals surface area contributed by atoms with Crippen LogP contribution in [0.3, 0.4) is 0 Å². The minimum atomic E-state index is -0.377. The first-order valence-corrected chi connectivity index (χ1v) is 12.1. The predicted octanol–water partition coefficient (Wildman–Crippen LogP) is 7.18. The molecule has 0 radical (unpaired) electrons. The van der Waals surface area contributed by atoms with Gasteiger partial charge in [0.2, 0.25) is 5.91 Å². The molecule has 0 spiro atoms. The predicted molar refractivity (Wildman–Crippen MR) is 135 cm³/mol. The fraction of sp³-hybridized carbons (Fsp3) is 0.286. The molecule has 1 heterocycles. The van der Waals surface area contributed by atoms with Gasteiger partial charge in [-0.25, -0.2) is 4.39 Å². The van der Waals surface area contributed by atoms with E-state index in [0.717, 1.165) is 29.8 Å². The summed E-state index contributed by atoms with van der Waals surface area (Å²) in [5.74, 6) is -0.530. The number of hydrogen-bond acceptors (Lipinski definition) is 2. The number of amides is 2. The van der Waals surface area contributed by atoms with Gasteiger partial charge >= 0.3 is 0 Å². The minimum Gasteiger partial charge on any atom is -0.305 e. The van der Waals surface area contributed by atoms with Gasteiger partial charge < -0.3 is 9.80 Å². The SMILES string of the molecule is CCC[C@@H]1C[C@H](N(C(=O)CC)c2ccc(Cl)cc2)c2ccccc2N1C(=O)c1ccc(F)cc1. The number of rotatable bonds is 6. The fourth-order valence-electron chi connectivity index (χ4n) is 4.78. The maximum atomic E-state index is 13.6. The third kappa shape index (κ3) is 4.71. The third-order valence-electron chi connectivity index (χ3n) is 6.34. The van der Waals surface area contributed by atoms with Crippen molar-refractivity contribution in [1.29, 1.82) is 0 Å². The molecule has 3 aromatic rings. The Kier molecular flexibility index (Phi) is 7.32. The third-order valence-corrected chi connectivity index (χ3v) is 6.59. The van der Waals surface area contributed by atoms with Crippen molar-refractivity contribution in [3.8, 4) is 0 Å². The van der Waals surface area contributed by atoms with Crippen LogP contribution in [-0.4, -0.2) is 17.9 Å². The van der Waals surface area contributed by atoms with E-state index < -0.39 is 0 Å². The van der Waals surface area contributed by atoms with E-state index in [1.165, 1.54) is 24.3 Å². The van der Waals surface area contributed by atoms with Gasteiger partial charge in [0, 0.05) is 34.4 Å². The molecule has 0 aliphatic carbocycles. The minimum absolute atomic E-state index is 0.00989. The quantitative estimate of drug-likeness (QED) is 0.376. The normalized spacial score (nSPS) is 17.2. The summed E-state index contributed by atoms with van der Waals surface area (Å²) >= 11 is 6.11. The molecule has 0 aromatic heterocycles. The zero-order valence-corrected chi connectivity index (χ0v) is 20.1. The number of carbonyl (C=O) groups excluding carboxylic acids is 2. The van der Waals surface area contributed by atoms with Crippen molar-refractivity contribution in [1.82, 2.24) is 0 Å². The number of anilines is 2. The topological polar surface area (TPSA) is 40.6 Å². The van der Waals surface area contributed by atoms with Crippen LogP contribution < -0.4 is 9.80 Å². The van der Waals surface area contributed by atoms with Gasteiger partial charge in [0.05, 0.1) is 6.04 Å². The molecule has 176 valence electrons. The number of nitrogens with zero attached hydrogens (tertiary/aromatic N) is 2. The Balaban J connectivity index is 1.82. The zero-order chi connectivity index (χ0) is 24.2. The van der Waals surface area contributed by atoms with Crippen LogP contribution in [0.1, 0.15) is 61.5 Å². The Morgan fingerprint density at radius 1 is 1.00 bits per heavy atom. The summed E-state index contributed by atoms with van der Waals surface area (Å²) in [5, 5.41) is 0.608. The highest BCUT2D eigenvalue weighted by Gasteiger charge is 2.39. The van der Waals surface area contributed by atoms with Crippen LogP contribution >= 0.6 is 11.6 Å². The molecule has 4 nitrogen and oxygen atoms in total. The van der Waals surface area contributed by atoms with Gasteiger partial charge in [0.25, 0.3) is 5.91 Å². The number of halogens is 2. The number of para-hydroxylation sites is 1. The van der Waals surface area contributed by atoms with Gasteiger partial charge in [-0.1, -0.05) is 50.1 Å². The van der Waals surface area contributed by atoms with E-state index in [9.17, 15) is 14.0 Å². The molecule has 34 heavy (non-hydrogen) atoms. The second-order valence-electron chi connectivity index (χ2n) is 8.53. The van der Waals surface area contributed by atoms with E-state index in [1.807, 2.05) is 53.1 Å².